The number of carbonyl (C=O) groups excluding carboxylic acids is 1. The quantitative estimate of drug-likeness (QED) is 0.781. The zero-order valence-electron chi connectivity index (χ0n) is 14.7. The molecule has 128 valence electrons. The number of fused-ring (bicyclic) bond motifs is 2. The van der Waals surface area contributed by atoms with Crippen molar-refractivity contribution < 1.29 is 4.79 Å². The fourth-order valence-electron chi connectivity index (χ4n) is 3.40. The Balaban J connectivity index is 1.79. The Morgan fingerprint density at radius 1 is 1.36 bits per heavy atom. The summed E-state index contributed by atoms with van der Waals surface area (Å²) in [5.41, 5.74) is 4.09. The van der Waals surface area contributed by atoms with Gasteiger partial charge in [-0.2, -0.15) is 5.10 Å². The second-order valence-corrected chi connectivity index (χ2v) is 6.47. The Labute approximate surface area is 146 Å². The molecule has 0 spiro atoms. The Morgan fingerprint density at radius 3 is 2.96 bits per heavy atom. The van der Waals surface area contributed by atoms with Crippen molar-refractivity contribution in [1.82, 2.24) is 14.8 Å². The van der Waals surface area contributed by atoms with Crippen LogP contribution in [0.4, 0.5) is 11.4 Å². The lowest BCUT2D eigenvalue weighted by Crippen LogP contribution is -2.43. The normalized spacial score (nSPS) is 16.6. The number of pyridine rings is 1. The average Bonchev–Trinajstić information content (AvgIpc) is 3.01. The highest BCUT2D eigenvalue weighted by Gasteiger charge is 2.28. The molecule has 0 bridgehead atoms. The molecule has 0 radical (unpaired) electrons. The summed E-state index contributed by atoms with van der Waals surface area (Å²) in [6.45, 7) is 7.38. The lowest BCUT2D eigenvalue weighted by atomic mass is 10.1. The third kappa shape index (κ3) is 2.54. The molecule has 0 saturated heterocycles. The van der Waals surface area contributed by atoms with Gasteiger partial charge in [-0.15, -0.1) is 0 Å². The van der Waals surface area contributed by atoms with Gasteiger partial charge in [0.25, 0.3) is 5.91 Å². The van der Waals surface area contributed by atoms with Crippen molar-refractivity contribution in [3.63, 3.8) is 0 Å². The van der Waals surface area contributed by atoms with Gasteiger partial charge in [0.05, 0.1) is 28.8 Å². The number of aromatic nitrogens is 3. The number of nitrogens with one attached hydrogen (secondary N) is 1. The Hall–Kier alpha value is -2.89. The Bertz CT molecular complexity index is 962. The number of amides is 1. The number of rotatable bonds is 2. The summed E-state index contributed by atoms with van der Waals surface area (Å²) < 4.78 is 1.85. The number of nitrogens with zero attached hydrogens (tertiary/aromatic N) is 4. The van der Waals surface area contributed by atoms with Crippen molar-refractivity contribution in [2.75, 3.05) is 16.8 Å². The molecule has 2 aromatic heterocycles. The minimum absolute atomic E-state index is 0.0167. The highest BCUT2D eigenvalue weighted by atomic mass is 16.2. The predicted molar refractivity (Wildman–Crippen MR) is 99.1 cm³/mol. The van der Waals surface area contributed by atoms with Crippen LogP contribution in [-0.4, -0.2) is 33.3 Å². The Kier molecular flexibility index (Phi) is 3.67. The van der Waals surface area contributed by atoms with E-state index in [9.17, 15) is 4.79 Å². The van der Waals surface area contributed by atoms with Gasteiger partial charge in [-0.3, -0.25) is 4.79 Å². The monoisotopic (exact) mass is 335 g/mol. The van der Waals surface area contributed by atoms with E-state index in [-0.39, 0.29) is 11.9 Å². The molecule has 0 aliphatic carbocycles. The minimum Gasteiger partial charge on any atom is -0.379 e. The van der Waals surface area contributed by atoms with Gasteiger partial charge < -0.3 is 10.2 Å². The molecule has 3 aromatic rings. The van der Waals surface area contributed by atoms with Crippen LogP contribution in [0, 0.1) is 6.92 Å². The molecule has 1 unspecified atom stereocenters. The lowest BCUT2D eigenvalue weighted by Gasteiger charge is -2.34. The first-order chi connectivity index (χ1) is 12.1. The highest BCUT2D eigenvalue weighted by molar-refractivity contribution is 6.10. The van der Waals surface area contributed by atoms with Crippen molar-refractivity contribution in [3.8, 4) is 0 Å². The lowest BCUT2D eigenvalue weighted by molar-refractivity contribution is 0.0984. The van der Waals surface area contributed by atoms with Gasteiger partial charge in [0.15, 0.2) is 5.65 Å². The van der Waals surface area contributed by atoms with Crippen molar-refractivity contribution in [3.05, 3.63) is 47.8 Å². The molecular weight excluding hydrogens is 314 g/mol. The topological polar surface area (TPSA) is 63.1 Å². The second-order valence-electron chi connectivity index (χ2n) is 6.47. The summed E-state index contributed by atoms with van der Waals surface area (Å²) in [7, 11) is 0. The molecule has 0 saturated carbocycles. The molecule has 6 nitrogen and oxygen atoms in total. The molecule has 1 aliphatic rings. The molecular formula is C19H21N5O. The summed E-state index contributed by atoms with van der Waals surface area (Å²) in [5.74, 6) is -0.0167. The third-order valence-electron chi connectivity index (χ3n) is 4.63. The zero-order valence-corrected chi connectivity index (χ0v) is 14.7. The molecule has 1 atom stereocenters. The fourth-order valence-corrected chi connectivity index (χ4v) is 3.40. The van der Waals surface area contributed by atoms with Crippen molar-refractivity contribution in [1.29, 1.82) is 0 Å². The number of para-hydroxylation sites is 2. The molecule has 1 aromatic carbocycles. The van der Waals surface area contributed by atoms with Crippen LogP contribution in [0.5, 0.6) is 0 Å². The van der Waals surface area contributed by atoms with Gasteiger partial charge in [-0.1, -0.05) is 12.1 Å². The number of carbonyl (C=O) groups is 1. The standard InChI is InChI=1S/C19H21N5O/c1-4-24-18-14(10-20-24)9-15(13(3)22-18)19(25)23-11-12(2)21-16-7-5-6-8-17(16)23/h5-10,12,21H,4,11H2,1-3H3. The maximum atomic E-state index is 13.3. The first-order valence-electron chi connectivity index (χ1n) is 8.59. The van der Waals surface area contributed by atoms with Crippen LogP contribution < -0.4 is 10.2 Å². The van der Waals surface area contributed by atoms with Crippen LogP contribution in [0.3, 0.4) is 0 Å². The molecule has 4 rings (SSSR count). The summed E-state index contributed by atoms with van der Waals surface area (Å²) in [6, 6.07) is 10.0. The molecule has 25 heavy (non-hydrogen) atoms. The van der Waals surface area contributed by atoms with E-state index in [1.807, 2.05) is 53.8 Å². The van der Waals surface area contributed by atoms with Crippen LogP contribution in [-0.2, 0) is 6.54 Å². The summed E-state index contributed by atoms with van der Waals surface area (Å²) in [6.07, 6.45) is 1.77. The van der Waals surface area contributed by atoms with Gasteiger partial charge in [0.1, 0.15) is 0 Å². The molecule has 1 N–H and O–H groups in total. The van der Waals surface area contributed by atoms with E-state index in [1.54, 1.807) is 6.20 Å². The first-order valence-corrected chi connectivity index (χ1v) is 8.59. The number of anilines is 2. The minimum atomic E-state index is -0.0167. The maximum Gasteiger partial charge on any atom is 0.260 e. The molecule has 3 heterocycles. The Morgan fingerprint density at radius 2 is 2.16 bits per heavy atom. The zero-order chi connectivity index (χ0) is 17.6. The van der Waals surface area contributed by atoms with Gasteiger partial charge in [-0.05, 0) is 39.0 Å². The van der Waals surface area contributed by atoms with Crippen LogP contribution in [0.1, 0.15) is 29.9 Å². The third-order valence-corrected chi connectivity index (χ3v) is 4.63. The fraction of sp³-hybridized carbons (Fsp3) is 0.316. The molecule has 1 amide bonds. The van der Waals surface area contributed by atoms with Crippen LogP contribution in [0.2, 0.25) is 0 Å². The van der Waals surface area contributed by atoms with Gasteiger partial charge in [0, 0.05) is 24.5 Å². The van der Waals surface area contributed by atoms with Crippen LogP contribution >= 0.6 is 0 Å². The van der Waals surface area contributed by atoms with Crippen LogP contribution in [0.25, 0.3) is 11.0 Å². The van der Waals surface area contributed by atoms with E-state index >= 15 is 0 Å². The molecule has 1 aliphatic heterocycles. The van der Waals surface area contributed by atoms with Gasteiger partial charge in [-0.25, -0.2) is 9.67 Å². The van der Waals surface area contributed by atoms with Gasteiger partial charge in [0.2, 0.25) is 0 Å². The molecule has 0 fully saturated rings. The average molecular weight is 335 g/mol. The van der Waals surface area contributed by atoms with E-state index in [4.69, 9.17) is 0 Å². The summed E-state index contributed by atoms with van der Waals surface area (Å²) in [4.78, 5) is 19.8. The van der Waals surface area contributed by atoms with E-state index in [0.29, 0.717) is 12.1 Å². The highest BCUT2D eigenvalue weighted by Crippen LogP contribution is 2.32. The number of benzene rings is 1. The maximum absolute atomic E-state index is 13.3. The number of hydrogen-bond donors (Lipinski definition) is 1. The van der Waals surface area contributed by atoms with E-state index in [1.165, 1.54) is 0 Å². The van der Waals surface area contributed by atoms with E-state index < -0.39 is 0 Å². The van der Waals surface area contributed by atoms with Gasteiger partial charge >= 0.3 is 0 Å². The predicted octanol–water partition coefficient (Wildman–Crippen LogP) is 3.22. The van der Waals surface area contributed by atoms with Crippen molar-refractivity contribution in [2.24, 2.45) is 0 Å². The smallest absolute Gasteiger partial charge is 0.260 e. The first kappa shape index (κ1) is 15.6. The SMILES string of the molecule is CCn1ncc2cc(C(=O)N3CC(C)Nc4ccccc43)c(C)nc21. The largest absolute Gasteiger partial charge is 0.379 e. The summed E-state index contributed by atoms with van der Waals surface area (Å²) in [5, 5.41) is 8.66. The summed E-state index contributed by atoms with van der Waals surface area (Å²) >= 11 is 0. The van der Waals surface area contributed by atoms with Crippen molar-refractivity contribution in [2.45, 2.75) is 33.4 Å². The van der Waals surface area contributed by atoms with Crippen LogP contribution in [0.15, 0.2) is 36.5 Å². The number of aryl methyl sites for hydroxylation is 2. The van der Waals surface area contributed by atoms with E-state index in [0.717, 1.165) is 34.6 Å². The number of hydrogen-bond acceptors (Lipinski definition) is 4. The van der Waals surface area contributed by atoms with E-state index in [2.05, 4.69) is 22.3 Å². The van der Waals surface area contributed by atoms with Crippen molar-refractivity contribution >= 4 is 28.3 Å². The molecule has 6 heteroatoms. The second kappa shape index (κ2) is 5.88.